The average molecular weight is 289 g/mol. The first-order chi connectivity index (χ1) is 7.50. The van der Waals surface area contributed by atoms with Gasteiger partial charge in [0.25, 0.3) is 0 Å². The summed E-state index contributed by atoms with van der Waals surface area (Å²) in [4.78, 5) is 0. The Morgan fingerprint density at radius 3 is 2.62 bits per heavy atom. The average Bonchev–Trinajstić information content (AvgIpc) is 2.61. The van der Waals surface area contributed by atoms with Gasteiger partial charge in [-0.1, -0.05) is 5.16 Å². The fourth-order valence-corrected chi connectivity index (χ4v) is 1.83. The van der Waals surface area contributed by atoms with Crippen LogP contribution in [0.25, 0.3) is 11.3 Å². The maximum Gasteiger partial charge on any atom is 0.222 e. The highest BCUT2D eigenvalue weighted by Gasteiger charge is 2.20. The van der Waals surface area contributed by atoms with Crippen LogP contribution in [0.4, 0.5) is 10.3 Å². The van der Waals surface area contributed by atoms with E-state index in [2.05, 4.69) is 25.6 Å². The first kappa shape index (κ1) is 10.7. The van der Waals surface area contributed by atoms with Crippen LogP contribution in [0.3, 0.4) is 0 Å². The molecule has 2 rings (SSSR count). The summed E-state index contributed by atoms with van der Waals surface area (Å²) in [7, 11) is 0. The number of nitrogen functional groups attached to an aromatic ring is 1. The summed E-state index contributed by atoms with van der Waals surface area (Å²) in [5, 5.41) is 21.9. The van der Waals surface area contributed by atoms with E-state index < -0.39 is 17.3 Å². The molecule has 0 unspecified atom stereocenters. The van der Waals surface area contributed by atoms with Crippen molar-refractivity contribution in [3.63, 3.8) is 0 Å². The van der Waals surface area contributed by atoms with E-state index in [9.17, 15) is 9.50 Å². The molecule has 4 N–H and O–H groups in total. The number of aromatic hydroxyl groups is 2. The second-order valence-electron chi connectivity index (χ2n) is 3.03. The Labute approximate surface area is 97.4 Å². The molecule has 84 valence electrons. The van der Waals surface area contributed by atoms with Gasteiger partial charge in [0.05, 0.1) is 5.56 Å². The Kier molecular flexibility index (Phi) is 2.47. The number of nitrogens with zero attached hydrogens (tertiary/aromatic N) is 1. The minimum absolute atomic E-state index is 0.0221. The Bertz CT molecular complexity index is 556. The van der Waals surface area contributed by atoms with Crippen molar-refractivity contribution in [3.8, 4) is 22.8 Å². The number of halogens is 2. The number of anilines is 1. The van der Waals surface area contributed by atoms with Crippen molar-refractivity contribution >= 4 is 21.8 Å². The van der Waals surface area contributed by atoms with Crippen molar-refractivity contribution in [2.75, 3.05) is 5.73 Å². The first-order valence-electron chi connectivity index (χ1n) is 4.13. The second kappa shape index (κ2) is 3.67. The first-order valence-corrected chi connectivity index (χ1v) is 4.92. The summed E-state index contributed by atoms with van der Waals surface area (Å²) in [6, 6.07) is 2.46. The van der Waals surface area contributed by atoms with Crippen molar-refractivity contribution in [2.45, 2.75) is 0 Å². The molecule has 1 heterocycles. The lowest BCUT2D eigenvalue weighted by atomic mass is 10.1. The standard InChI is InChI=1S/C9H6BrFN2O3/c10-3-1-5(14)9(15)8(11)7(3)4-2-6(12)16-13-4/h1-2,14-15H,12H2. The Morgan fingerprint density at radius 2 is 2.06 bits per heavy atom. The molecule has 7 heteroatoms. The highest BCUT2D eigenvalue weighted by Crippen LogP contribution is 2.40. The lowest BCUT2D eigenvalue weighted by Crippen LogP contribution is -1.88. The Morgan fingerprint density at radius 1 is 1.38 bits per heavy atom. The summed E-state index contributed by atoms with van der Waals surface area (Å²) in [5.74, 6) is -2.39. The molecule has 0 fully saturated rings. The molecule has 1 aromatic heterocycles. The molecule has 2 aromatic rings. The largest absolute Gasteiger partial charge is 0.504 e. The van der Waals surface area contributed by atoms with Crippen LogP contribution in [-0.4, -0.2) is 15.4 Å². The van der Waals surface area contributed by atoms with Crippen LogP contribution in [0.5, 0.6) is 11.5 Å². The normalized spacial score (nSPS) is 10.6. The van der Waals surface area contributed by atoms with E-state index in [4.69, 9.17) is 10.8 Å². The van der Waals surface area contributed by atoms with Crippen LogP contribution in [0, 0.1) is 5.82 Å². The zero-order valence-corrected chi connectivity index (χ0v) is 9.32. The van der Waals surface area contributed by atoms with Crippen molar-refractivity contribution in [1.82, 2.24) is 5.16 Å². The third-order valence-electron chi connectivity index (χ3n) is 1.96. The van der Waals surface area contributed by atoms with Crippen LogP contribution in [0.2, 0.25) is 0 Å². The molecule has 0 aliphatic carbocycles. The van der Waals surface area contributed by atoms with Gasteiger partial charge in [0, 0.05) is 10.5 Å². The third kappa shape index (κ3) is 1.58. The van der Waals surface area contributed by atoms with E-state index in [-0.39, 0.29) is 21.6 Å². The summed E-state index contributed by atoms with van der Waals surface area (Å²) in [6.07, 6.45) is 0. The summed E-state index contributed by atoms with van der Waals surface area (Å²) in [6.45, 7) is 0. The monoisotopic (exact) mass is 288 g/mol. The number of nitrogens with two attached hydrogens (primary N) is 1. The predicted molar refractivity (Wildman–Crippen MR) is 57.3 cm³/mol. The van der Waals surface area contributed by atoms with Gasteiger partial charge in [0.15, 0.2) is 17.3 Å². The van der Waals surface area contributed by atoms with Gasteiger partial charge < -0.3 is 20.5 Å². The molecule has 0 atom stereocenters. The molecule has 1 aromatic carbocycles. The molecule has 0 spiro atoms. The van der Waals surface area contributed by atoms with Crippen LogP contribution < -0.4 is 5.73 Å². The van der Waals surface area contributed by atoms with Gasteiger partial charge in [-0.2, -0.15) is 0 Å². The number of hydrogen-bond acceptors (Lipinski definition) is 5. The lowest BCUT2D eigenvalue weighted by Gasteiger charge is -2.05. The van der Waals surface area contributed by atoms with Gasteiger partial charge in [0.2, 0.25) is 5.88 Å². The zero-order chi connectivity index (χ0) is 11.9. The molecule has 5 nitrogen and oxygen atoms in total. The molecular weight excluding hydrogens is 283 g/mol. The smallest absolute Gasteiger partial charge is 0.222 e. The minimum atomic E-state index is -1.000. The Hall–Kier alpha value is -1.76. The SMILES string of the molecule is Nc1cc(-c2c(Br)cc(O)c(O)c2F)no1. The van der Waals surface area contributed by atoms with E-state index >= 15 is 0 Å². The maximum atomic E-state index is 13.7. The second-order valence-corrected chi connectivity index (χ2v) is 3.88. The Balaban J connectivity index is 2.70. The molecule has 0 saturated heterocycles. The van der Waals surface area contributed by atoms with Crippen LogP contribution in [-0.2, 0) is 0 Å². The molecule has 16 heavy (non-hydrogen) atoms. The van der Waals surface area contributed by atoms with Crippen molar-refractivity contribution < 1.29 is 19.1 Å². The number of phenolic OH excluding ortho intramolecular Hbond substituents is 2. The zero-order valence-electron chi connectivity index (χ0n) is 7.74. The summed E-state index contributed by atoms with van der Waals surface area (Å²) >= 11 is 3.04. The minimum Gasteiger partial charge on any atom is -0.504 e. The van der Waals surface area contributed by atoms with Crippen LogP contribution >= 0.6 is 15.9 Å². The van der Waals surface area contributed by atoms with Crippen LogP contribution in [0.1, 0.15) is 0 Å². The third-order valence-corrected chi connectivity index (χ3v) is 2.58. The molecule has 0 aliphatic rings. The highest BCUT2D eigenvalue weighted by molar-refractivity contribution is 9.10. The molecule has 0 aliphatic heterocycles. The number of phenols is 2. The van der Waals surface area contributed by atoms with Gasteiger partial charge >= 0.3 is 0 Å². The number of aromatic nitrogens is 1. The van der Waals surface area contributed by atoms with Gasteiger partial charge in [-0.15, -0.1) is 0 Å². The van der Waals surface area contributed by atoms with Gasteiger partial charge in [-0.3, -0.25) is 0 Å². The van der Waals surface area contributed by atoms with Crippen LogP contribution in [0.15, 0.2) is 21.1 Å². The number of benzene rings is 1. The molecule has 0 saturated carbocycles. The topological polar surface area (TPSA) is 92.5 Å². The predicted octanol–water partition coefficient (Wildman–Crippen LogP) is 2.24. The summed E-state index contributed by atoms with van der Waals surface area (Å²) in [5.41, 5.74) is 5.40. The molecule has 0 amide bonds. The maximum absolute atomic E-state index is 13.7. The van der Waals surface area contributed by atoms with Crippen molar-refractivity contribution in [1.29, 1.82) is 0 Å². The highest BCUT2D eigenvalue weighted by atomic mass is 79.9. The molecule has 0 bridgehead atoms. The van der Waals surface area contributed by atoms with E-state index in [0.29, 0.717) is 0 Å². The fraction of sp³-hybridized carbons (Fsp3) is 0. The number of rotatable bonds is 1. The molecule has 0 radical (unpaired) electrons. The van der Waals surface area contributed by atoms with Gasteiger partial charge in [0.1, 0.15) is 5.69 Å². The quantitative estimate of drug-likeness (QED) is 0.700. The van der Waals surface area contributed by atoms with E-state index in [0.717, 1.165) is 6.07 Å². The van der Waals surface area contributed by atoms with Gasteiger partial charge in [-0.05, 0) is 22.0 Å². The van der Waals surface area contributed by atoms with Gasteiger partial charge in [-0.25, -0.2) is 4.39 Å². The molecular formula is C9H6BrFN2O3. The van der Waals surface area contributed by atoms with E-state index in [1.807, 2.05) is 0 Å². The van der Waals surface area contributed by atoms with E-state index in [1.165, 1.54) is 6.07 Å². The van der Waals surface area contributed by atoms with Crippen molar-refractivity contribution in [2.24, 2.45) is 0 Å². The summed E-state index contributed by atoms with van der Waals surface area (Å²) < 4.78 is 18.5. The lowest BCUT2D eigenvalue weighted by molar-refractivity contribution is 0.379. The fourth-order valence-electron chi connectivity index (χ4n) is 1.24. The number of hydrogen-bond donors (Lipinski definition) is 3. The van der Waals surface area contributed by atoms with E-state index in [1.54, 1.807) is 0 Å². The van der Waals surface area contributed by atoms with Crippen molar-refractivity contribution in [3.05, 3.63) is 22.4 Å².